The van der Waals surface area contributed by atoms with Crippen LogP contribution in [0.5, 0.6) is 5.75 Å². The number of methoxy groups -OCH3 is 1. The summed E-state index contributed by atoms with van der Waals surface area (Å²) in [6.45, 7) is 4.49. The summed E-state index contributed by atoms with van der Waals surface area (Å²) in [6.07, 6.45) is 6.86. The summed E-state index contributed by atoms with van der Waals surface area (Å²) in [5.41, 5.74) is -0.365. The van der Waals surface area contributed by atoms with Crippen LogP contribution in [-0.2, 0) is 6.54 Å². The van der Waals surface area contributed by atoms with Gasteiger partial charge in [0.25, 0.3) is 5.89 Å². The van der Waals surface area contributed by atoms with Crippen LogP contribution >= 0.6 is 11.6 Å². The molecular formula is C34H34ClF2N9O5. The van der Waals surface area contributed by atoms with Crippen LogP contribution in [-0.4, -0.2) is 75.1 Å². The van der Waals surface area contributed by atoms with Crippen molar-refractivity contribution in [2.45, 2.75) is 51.2 Å². The number of likely N-dealkylation sites (N-methyl/N-ethyl adjacent to an activating group) is 1. The lowest BCUT2D eigenvalue weighted by atomic mass is 9.93. The number of hydrogen-bond acceptors (Lipinski definition) is 10. The second-order valence-electron chi connectivity index (χ2n) is 13.3. The Balaban J connectivity index is 1.11. The van der Waals surface area contributed by atoms with Crippen LogP contribution in [0.2, 0.25) is 5.15 Å². The Hall–Kier alpha value is -5.09. The second kappa shape index (κ2) is 12.6. The first-order chi connectivity index (χ1) is 24.6. The van der Waals surface area contributed by atoms with Gasteiger partial charge in [0.1, 0.15) is 22.6 Å². The molecule has 3 aliphatic rings. The number of likely N-dealkylation sites (tertiary alicyclic amines) is 1. The van der Waals surface area contributed by atoms with E-state index in [-0.39, 0.29) is 50.8 Å². The van der Waals surface area contributed by atoms with Gasteiger partial charge in [-0.3, -0.25) is 14.9 Å². The number of aromatic nitrogens is 5. The maximum Gasteiger partial charge on any atom is 0.327 e. The van der Waals surface area contributed by atoms with E-state index in [2.05, 4.69) is 37.8 Å². The molecule has 2 saturated heterocycles. The molecule has 6 heterocycles. The molecule has 1 aliphatic carbocycles. The van der Waals surface area contributed by atoms with Gasteiger partial charge in [-0.05, 0) is 64.3 Å². The Morgan fingerprint density at radius 2 is 1.84 bits per heavy atom. The number of carbonyl (C=O) groups is 1. The van der Waals surface area contributed by atoms with Gasteiger partial charge in [-0.25, -0.2) is 18.6 Å². The molecule has 0 spiro atoms. The van der Waals surface area contributed by atoms with Crippen molar-refractivity contribution in [3.8, 4) is 17.2 Å². The van der Waals surface area contributed by atoms with E-state index in [1.807, 2.05) is 9.47 Å². The fourth-order valence-corrected chi connectivity index (χ4v) is 7.67. The third kappa shape index (κ3) is 5.66. The number of amides is 2. The Labute approximate surface area is 293 Å². The Morgan fingerprint density at radius 1 is 1.06 bits per heavy atom. The average molecular weight is 722 g/mol. The molecule has 5 aromatic rings. The minimum Gasteiger partial charge on any atom is -0.492 e. The number of nitrogens with zero attached hydrogens (tertiary/aromatic N) is 7. The molecule has 2 amide bonds. The SMILES string of the molecule is CCn1cc(NC(=O)Nc2nnc(-c3cn(C4CC4)c4c(OC)c(N5CC6CCCN(C)C6C5)c(F)cc4c3=O)o2)c(=O)c2cc(F)c(Cl)nc21. The lowest BCUT2D eigenvalue weighted by Crippen LogP contribution is -2.42. The molecule has 0 radical (unpaired) electrons. The maximum atomic E-state index is 16.1. The summed E-state index contributed by atoms with van der Waals surface area (Å²) in [6, 6.07) is 1.31. The summed E-state index contributed by atoms with van der Waals surface area (Å²) in [5.74, 6) is -0.901. The van der Waals surface area contributed by atoms with Gasteiger partial charge in [0.2, 0.25) is 10.9 Å². The molecule has 51 heavy (non-hydrogen) atoms. The number of carbonyl (C=O) groups excluding carboxylic acids is 1. The minimum atomic E-state index is -0.909. The van der Waals surface area contributed by atoms with Crippen LogP contribution in [0.3, 0.4) is 0 Å². The third-order valence-corrected chi connectivity index (χ3v) is 10.4. The number of urea groups is 1. The molecule has 14 nitrogen and oxygen atoms in total. The lowest BCUT2D eigenvalue weighted by Gasteiger charge is -2.33. The standard InChI is InChI=1S/C34H34ClF2N9O5/c1-4-44-14-23(28(48)19-11-22(37)30(35)39-31(19)44)38-33(49)40-34-42-41-32(51-34)20-13-46(17-7-8-17)25-18(27(20)47)10-21(36)26(29(25)50-3)45-12-16-6-5-9-43(2)24(16)15-45/h10-11,13-14,16-17,24H,4-9,12,15H2,1-3H3,(H2,38,40,42,49). The summed E-state index contributed by atoms with van der Waals surface area (Å²) >= 11 is 5.82. The smallest absolute Gasteiger partial charge is 0.327 e. The zero-order valence-electron chi connectivity index (χ0n) is 28.0. The Kier molecular flexibility index (Phi) is 8.17. The van der Waals surface area contributed by atoms with Crippen LogP contribution in [0.25, 0.3) is 33.4 Å². The monoisotopic (exact) mass is 721 g/mol. The molecule has 1 saturated carbocycles. The largest absolute Gasteiger partial charge is 0.492 e. The highest BCUT2D eigenvalue weighted by molar-refractivity contribution is 6.29. The van der Waals surface area contributed by atoms with Crippen LogP contribution in [0.4, 0.5) is 31.0 Å². The molecule has 1 aromatic carbocycles. The molecule has 266 valence electrons. The predicted molar refractivity (Wildman–Crippen MR) is 187 cm³/mol. The Bertz CT molecular complexity index is 2360. The summed E-state index contributed by atoms with van der Waals surface area (Å²) < 4.78 is 45.3. The van der Waals surface area contributed by atoms with Crippen LogP contribution in [0.1, 0.15) is 38.6 Å². The van der Waals surface area contributed by atoms with Gasteiger partial charge in [-0.15, -0.1) is 5.10 Å². The zero-order chi connectivity index (χ0) is 35.7. The lowest BCUT2D eigenvalue weighted by molar-refractivity contribution is 0.158. The maximum absolute atomic E-state index is 16.1. The van der Waals surface area contributed by atoms with E-state index < -0.39 is 28.5 Å². The van der Waals surface area contributed by atoms with Crippen molar-refractivity contribution in [1.29, 1.82) is 0 Å². The van der Waals surface area contributed by atoms with Gasteiger partial charge < -0.3 is 33.4 Å². The number of rotatable bonds is 7. The van der Waals surface area contributed by atoms with Crippen LogP contribution in [0, 0.1) is 17.6 Å². The number of halogens is 3. The first kappa shape index (κ1) is 33.1. The molecule has 2 N–H and O–H groups in total. The number of anilines is 3. The van der Waals surface area contributed by atoms with Gasteiger partial charge in [0.15, 0.2) is 22.5 Å². The van der Waals surface area contributed by atoms with E-state index in [1.165, 1.54) is 23.9 Å². The first-order valence-corrected chi connectivity index (χ1v) is 17.2. The molecule has 8 rings (SSSR count). The Morgan fingerprint density at radius 3 is 2.57 bits per heavy atom. The molecule has 2 atom stereocenters. The van der Waals surface area contributed by atoms with Gasteiger partial charge in [-0.2, -0.15) is 0 Å². The molecular weight excluding hydrogens is 688 g/mol. The molecule has 3 fully saturated rings. The number of piperidine rings is 1. The van der Waals surface area contributed by atoms with Crippen molar-refractivity contribution in [3.05, 3.63) is 61.8 Å². The van der Waals surface area contributed by atoms with Crippen LogP contribution in [0.15, 0.2) is 38.5 Å². The number of nitrogens with one attached hydrogen (secondary N) is 2. The summed E-state index contributed by atoms with van der Waals surface area (Å²) in [4.78, 5) is 48.3. The normalized spacial score (nSPS) is 19.1. The predicted octanol–water partition coefficient (Wildman–Crippen LogP) is 5.23. The fourth-order valence-electron chi connectivity index (χ4n) is 7.54. The van der Waals surface area contributed by atoms with Gasteiger partial charge in [0, 0.05) is 44.1 Å². The molecule has 4 aromatic heterocycles. The first-order valence-electron chi connectivity index (χ1n) is 16.8. The quantitative estimate of drug-likeness (QED) is 0.214. The highest BCUT2D eigenvalue weighted by Gasteiger charge is 2.40. The topological polar surface area (TPSA) is 153 Å². The van der Waals surface area contributed by atoms with Crippen LogP contribution < -0.4 is 31.1 Å². The van der Waals surface area contributed by atoms with E-state index in [1.54, 1.807) is 13.1 Å². The summed E-state index contributed by atoms with van der Waals surface area (Å²) in [5, 5.41) is 12.3. The second-order valence-corrected chi connectivity index (χ2v) is 13.6. The number of benzene rings is 1. The molecule has 17 heteroatoms. The van der Waals surface area contributed by atoms with E-state index >= 15 is 4.39 Å². The van der Waals surface area contributed by atoms with Crippen molar-refractivity contribution in [2.24, 2.45) is 5.92 Å². The molecule has 2 aliphatic heterocycles. The summed E-state index contributed by atoms with van der Waals surface area (Å²) in [7, 11) is 3.60. The number of pyridine rings is 3. The number of aryl methyl sites for hydroxylation is 1. The van der Waals surface area contributed by atoms with Gasteiger partial charge >= 0.3 is 12.0 Å². The molecule has 0 bridgehead atoms. The van der Waals surface area contributed by atoms with Crippen molar-refractivity contribution >= 4 is 57.0 Å². The number of hydrogen-bond donors (Lipinski definition) is 2. The number of fused-ring (bicyclic) bond motifs is 3. The van der Waals surface area contributed by atoms with E-state index in [4.69, 9.17) is 20.8 Å². The molecule has 2 unspecified atom stereocenters. The van der Waals surface area contributed by atoms with Crippen molar-refractivity contribution in [3.63, 3.8) is 0 Å². The zero-order valence-corrected chi connectivity index (χ0v) is 28.8. The van der Waals surface area contributed by atoms with E-state index in [9.17, 15) is 18.8 Å². The van der Waals surface area contributed by atoms with Crippen molar-refractivity contribution in [2.75, 3.05) is 49.3 Å². The highest BCUT2D eigenvalue weighted by atomic mass is 35.5. The van der Waals surface area contributed by atoms with E-state index in [0.29, 0.717) is 48.5 Å². The third-order valence-electron chi connectivity index (χ3n) is 10.1. The van der Waals surface area contributed by atoms with E-state index in [0.717, 1.165) is 38.3 Å². The van der Waals surface area contributed by atoms with Crippen molar-refractivity contribution < 1.29 is 22.7 Å². The fraction of sp³-hybridized carbons (Fsp3) is 0.412. The average Bonchev–Trinajstić information content (AvgIpc) is 3.69. The van der Waals surface area contributed by atoms with Gasteiger partial charge in [-0.1, -0.05) is 16.7 Å². The van der Waals surface area contributed by atoms with Gasteiger partial charge in [0.05, 0.1) is 23.4 Å². The minimum absolute atomic E-state index is 0.0203. The number of ether oxygens (including phenoxy) is 1. The van der Waals surface area contributed by atoms with Crippen molar-refractivity contribution in [1.82, 2.24) is 29.2 Å². The highest BCUT2D eigenvalue weighted by Crippen LogP contribution is 2.46.